The second-order valence-electron chi connectivity index (χ2n) is 1.40. The lowest BCUT2D eigenvalue weighted by molar-refractivity contribution is -0.0321. The number of ether oxygens (including phenoxy) is 1. The summed E-state index contributed by atoms with van der Waals surface area (Å²) >= 11 is 0. The molecule has 0 saturated carbocycles. The normalized spacial score (nSPS) is 28.3. The predicted octanol–water partition coefficient (Wildman–Crippen LogP) is 0.713. The van der Waals surface area contributed by atoms with E-state index in [1.807, 2.05) is 0 Å². The molecular weight excluding hydrogens is 94.0 g/mol. The first-order chi connectivity index (χ1) is 3.29. The number of oxime groups is 1. The Labute approximate surface area is 41.9 Å². The molecule has 0 aromatic rings. The molecule has 0 aromatic heterocycles. The van der Waals surface area contributed by atoms with Crippen molar-refractivity contribution in [2.45, 2.75) is 20.1 Å². The highest BCUT2D eigenvalue weighted by molar-refractivity contribution is 5.73. The molecule has 3 heteroatoms. The highest BCUT2D eigenvalue weighted by atomic mass is 16.8. The van der Waals surface area contributed by atoms with Crippen LogP contribution in [0.25, 0.3) is 0 Å². The molecule has 1 unspecified atom stereocenters. The van der Waals surface area contributed by atoms with E-state index in [0.717, 1.165) is 0 Å². The van der Waals surface area contributed by atoms with Gasteiger partial charge in [0.2, 0.25) is 5.90 Å². The van der Waals surface area contributed by atoms with Crippen LogP contribution in [0, 0.1) is 0 Å². The maximum atomic E-state index is 4.89. The monoisotopic (exact) mass is 101 g/mol. The largest absolute Gasteiger partial charge is 0.437 e. The topological polar surface area (TPSA) is 30.8 Å². The van der Waals surface area contributed by atoms with Crippen molar-refractivity contribution in [2.75, 3.05) is 0 Å². The van der Waals surface area contributed by atoms with E-state index in [9.17, 15) is 0 Å². The van der Waals surface area contributed by atoms with Crippen LogP contribution in [0.2, 0.25) is 0 Å². The van der Waals surface area contributed by atoms with Crippen LogP contribution in [0.1, 0.15) is 13.8 Å². The Bertz CT molecular complexity index is 99.9. The Kier molecular flexibility index (Phi) is 0.889. The fraction of sp³-hybridized carbons (Fsp3) is 0.750. The fourth-order valence-corrected chi connectivity index (χ4v) is 0.432. The predicted molar refractivity (Wildman–Crippen MR) is 24.7 cm³/mol. The quantitative estimate of drug-likeness (QED) is 0.450. The minimum atomic E-state index is -0.181. The third-order valence-electron chi connectivity index (χ3n) is 0.666. The smallest absolute Gasteiger partial charge is 0.264 e. The Morgan fingerprint density at radius 3 is 2.57 bits per heavy atom. The van der Waals surface area contributed by atoms with Crippen molar-refractivity contribution in [1.29, 1.82) is 0 Å². The molecule has 40 valence electrons. The average molecular weight is 101 g/mol. The van der Waals surface area contributed by atoms with E-state index >= 15 is 0 Å². The van der Waals surface area contributed by atoms with Gasteiger partial charge in [-0.25, -0.2) is 0 Å². The Hall–Kier alpha value is -0.730. The lowest BCUT2D eigenvalue weighted by Crippen LogP contribution is -2.02. The van der Waals surface area contributed by atoms with Crippen LogP contribution in [0.4, 0.5) is 0 Å². The second kappa shape index (κ2) is 1.40. The molecule has 0 bridgehead atoms. The van der Waals surface area contributed by atoms with Crippen molar-refractivity contribution in [1.82, 2.24) is 0 Å². The zero-order chi connectivity index (χ0) is 5.28. The van der Waals surface area contributed by atoms with E-state index in [-0.39, 0.29) is 6.29 Å². The van der Waals surface area contributed by atoms with Gasteiger partial charge in [-0.1, -0.05) is 0 Å². The van der Waals surface area contributed by atoms with E-state index in [4.69, 9.17) is 4.74 Å². The zero-order valence-electron chi connectivity index (χ0n) is 4.34. The molecule has 0 aromatic carbocycles. The van der Waals surface area contributed by atoms with Gasteiger partial charge in [0.05, 0.1) is 0 Å². The minimum Gasteiger partial charge on any atom is -0.437 e. The van der Waals surface area contributed by atoms with Crippen LogP contribution in [-0.2, 0) is 9.57 Å². The molecule has 0 spiro atoms. The van der Waals surface area contributed by atoms with Crippen LogP contribution in [-0.4, -0.2) is 12.2 Å². The summed E-state index contributed by atoms with van der Waals surface area (Å²) in [4.78, 5) is 4.63. The number of hydrogen-bond donors (Lipinski definition) is 0. The Balaban J connectivity index is 2.42. The molecule has 1 atom stereocenters. The van der Waals surface area contributed by atoms with Gasteiger partial charge in [-0.05, 0) is 5.16 Å². The van der Waals surface area contributed by atoms with Gasteiger partial charge in [-0.3, -0.25) is 0 Å². The summed E-state index contributed by atoms with van der Waals surface area (Å²) in [6.07, 6.45) is -0.181. The summed E-state index contributed by atoms with van der Waals surface area (Å²) in [6, 6.07) is 0. The molecule has 0 saturated heterocycles. The van der Waals surface area contributed by atoms with E-state index in [1.165, 1.54) is 0 Å². The second-order valence-corrected chi connectivity index (χ2v) is 1.40. The summed E-state index contributed by atoms with van der Waals surface area (Å²) in [5.74, 6) is 0.604. The molecule has 7 heavy (non-hydrogen) atoms. The lowest BCUT2D eigenvalue weighted by Gasteiger charge is -1.96. The Morgan fingerprint density at radius 2 is 2.43 bits per heavy atom. The van der Waals surface area contributed by atoms with E-state index in [1.54, 1.807) is 13.8 Å². The van der Waals surface area contributed by atoms with Crippen molar-refractivity contribution in [3.05, 3.63) is 0 Å². The summed E-state index contributed by atoms with van der Waals surface area (Å²) < 4.78 is 4.89. The molecule has 1 heterocycles. The lowest BCUT2D eigenvalue weighted by atomic mass is 10.7. The number of hydrogen-bond acceptors (Lipinski definition) is 3. The summed E-state index contributed by atoms with van der Waals surface area (Å²) in [5, 5.41) is 3.51. The van der Waals surface area contributed by atoms with Gasteiger partial charge in [-0.2, -0.15) is 0 Å². The van der Waals surface area contributed by atoms with E-state index in [0.29, 0.717) is 5.90 Å². The molecule has 0 aliphatic carbocycles. The molecule has 0 amide bonds. The van der Waals surface area contributed by atoms with Crippen molar-refractivity contribution in [3.63, 3.8) is 0 Å². The first-order valence-electron chi connectivity index (χ1n) is 2.16. The molecule has 3 nitrogen and oxygen atoms in total. The van der Waals surface area contributed by atoms with Gasteiger partial charge in [0.1, 0.15) is 0 Å². The minimum absolute atomic E-state index is 0.181. The molecule has 1 aliphatic heterocycles. The maximum Gasteiger partial charge on any atom is 0.264 e. The summed E-state index contributed by atoms with van der Waals surface area (Å²) in [6.45, 7) is 3.55. The van der Waals surface area contributed by atoms with Crippen LogP contribution in [0.5, 0.6) is 0 Å². The zero-order valence-corrected chi connectivity index (χ0v) is 4.34. The third kappa shape index (κ3) is 0.824. The Morgan fingerprint density at radius 1 is 1.71 bits per heavy atom. The van der Waals surface area contributed by atoms with Crippen molar-refractivity contribution < 1.29 is 9.57 Å². The van der Waals surface area contributed by atoms with Gasteiger partial charge in [0.25, 0.3) is 6.29 Å². The van der Waals surface area contributed by atoms with Crippen molar-refractivity contribution in [2.24, 2.45) is 5.16 Å². The van der Waals surface area contributed by atoms with Crippen molar-refractivity contribution >= 4 is 5.90 Å². The summed E-state index contributed by atoms with van der Waals surface area (Å²) in [5.41, 5.74) is 0. The average Bonchev–Trinajstić information content (AvgIpc) is 1.87. The van der Waals surface area contributed by atoms with Crippen molar-refractivity contribution in [3.8, 4) is 0 Å². The number of nitrogens with zero attached hydrogens (tertiary/aromatic N) is 1. The van der Waals surface area contributed by atoms with Gasteiger partial charge in [0.15, 0.2) is 0 Å². The van der Waals surface area contributed by atoms with Crippen LogP contribution < -0.4 is 0 Å². The highest BCUT2D eigenvalue weighted by Crippen LogP contribution is 2.03. The number of rotatable bonds is 0. The standard InChI is InChI=1S/C4H7NO2/c1-3-5-7-4(2)6-3/h4H,1-2H3. The van der Waals surface area contributed by atoms with Crippen LogP contribution in [0.15, 0.2) is 5.16 Å². The molecule has 0 N–H and O–H groups in total. The van der Waals surface area contributed by atoms with E-state index < -0.39 is 0 Å². The van der Waals surface area contributed by atoms with Crippen LogP contribution in [0.3, 0.4) is 0 Å². The molecule has 1 aliphatic rings. The maximum absolute atomic E-state index is 4.89. The molecule has 0 radical (unpaired) electrons. The fourth-order valence-electron chi connectivity index (χ4n) is 0.432. The third-order valence-corrected chi connectivity index (χ3v) is 0.666. The van der Waals surface area contributed by atoms with E-state index in [2.05, 4.69) is 9.99 Å². The van der Waals surface area contributed by atoms with Gasteiger partial charge in [-0.15, -0.1) is 0 Å². The van der Waals surface area contributed by atoms with Gasteiger partial charge in [0, 0.05) is 13.8 Å². The summed E-state index contributed by atoms with van der Waals surface area (Å²) in [7, 11) is 0. The van der Waals surface area contributed by atoms with Gasteiger partial charge >= 0.3 is 0 Å². The van der Waals surface area contributed by atoms with Gasteiger partial charge < -0.3 is 9.57 Å². The molecule has 1 rings (SSSR count). The highest BCUT2D eigenvalue weighted by Gasteiger charge is 2.10. The first kappa shape index (κ1) is 4.43. The SMILES string of the molecule is CC1=NOC(C)O1. The van der Waals surface area contributed by atoms with Crippen LogP contribution >= 0.6 is 0 Å². The molecular formula is C4H7NO2. The first-order valence-corrected chi connectivity index (χ1v) is 2.16. The molecule has 0 fully saturated rings.